The number of benzene rings is 2. The lowest BCUT2D eigenvalue weighted by Gasteiger charge is -2.19. The van der Waals surface area contributed by atoms with Gasteiger partial charge in [-0.25, -0.2) is 0 Å². The Morgan fingerprint density at radius 1 is 0.207 bits per heavy atom. The minimum atomic E-state index is -0.474. The number of carbonyl (C=O) groups is 5. The largest absolute Gasteiger partial charge is 0.426 e. The van der Waals surface area contributed by atoms with Crippen molar-refractivity contribution in [3.63, 3.8) is 0 Å². The summed E-state index contributed by atoms with van der Waals surface area (Å²) in [5.41, 5.74) is 0.567. The molecule has 0 saturated heterocycles. The Morgan fingerprint density at radius 3 is 0.565 bits per heavy atom. The van der Waals surface area contributed by atoms with Crippen LogP contribution in [0.15, 0.2) is 30.3 Å². The van der Waals surface area contributed by atoms with E-state index in [0.29, 0.717) is 37.7 Å². The van der Waals surface area contributed by atoms with Crippen LogP contribution in [0.2, 0.25) is 0 Å². The fourth-order valence-corrected chi connectivity index (χ4v) is 12.5. The molecule has 0 unspecified atom stereocenters. The monoisotopic (exact) mass is 1290 g/mol. The normalized spacial score (nSPS) is 11.3. The molecule has 2 aromatic rings. The van der Waals surface area contributed by atoms with Crippen molar-refractivity contribution in [2.45, 2.75) is 420 Å². The van der Waals surface area contributed by atoms with Gasteiger partial charge in [0.15, 0.2) is 0 Å². The van der Waals surface area contributed by atoms with E-state index in [0.717, 1.165) is 96.3 Å². The highest BCUT2D eigenvalue weighted by Gasteiger charge is 2.25. The summed E-state index contributed by atoms with van der Waals surface area (Å²) in [5.74, 6) is -1.76. The van der Waals surface area contributed by atoms with Crippen molar-refractivity contribution < 1.29 is 47.7 Å². The van der Waals surface area contributed by atoms with Gasteiger partial charge >= 0.3 is 29.8 Å². The second kappa shape index (κ2) is 61.6. The van der Waals surface area contributed by atoms with Gasteiger partial charge in [0.25, 0.3) is 0 Å². The van der Waals surface area contributed by atoms with Crippen LogP contribution in [0, 0.1) is 0 Å². The summed E-state index contributed by atoms with van der Waals surface area (Å²) in [6.07, 6.45) is 64.2. The van der Waals surface area contributed by atoms with E-state index in [1.165, 1.54) is 237 Å². The first-order valence-corrected chi connectivity index (χ1v) is 39.5. The van der Waals surface area contributed by atoms with Crippen LogP contribution in [0.5, 0.6) is 28.7 Å². The molecule has 10 heteroatoms. The Labute approximate surface area is 564 Å². The van der Waals surface area contributed by atoms with Gasteiger partial charge in [-0.1, -0.05) is 356 Å². The molecule has 0 aromatic heterocycles. The fourth-order valence-electron chi connectivity index (χ4n) is 12.5. The topological polar surface area (TPSA) is 132 Å². The van der Waals surface area contributed by atoms with Crippen molar-refractivity contribution in [1.82, 2.24) is 0 Å². The van der Waals surface area contributed by atoms with Crippen molar-refractivity contribution in [2.24, 2.45) is 0 Å². The minimum absolute atomic E-state index is 0.0261. The Kier molecular flexibility index (Phi) is 56.2. The molecule has 0 aliphatic carbocycles. The number of hydrogen-bond donors (Lipinski definition) is 0. The van der Waals surface area contributed by atoms with Crippen molar-refractivity contribution in [3.8, 4) is 39.9 Å². The van der Waals surface area contributed by atoms with Gasteiger partial charge in [-0.2, -0.15) is 0 Å². The van der Waals surface area contributed by atoms with Gasteiger partial charge in [0.05, 0.1) is 5.56 Å². The third kappa shape index (κ3) is 48.5. The van der Waals surface area contributed by atoms with E-state index in [1.54, 1.807) is 18.2 Å². The van der Waals surface area contributed by atoms with E-state index < -0.39 is 29.8 Å². The summed E-state index contributed by atoms with van der Waals surface area (Å²) in [6.45, 7) is 11.2. The van der Waals surface area contributed by atoms with E-state index >= 15 is 0 Å². The summed E-state index contributed by atoms with van der Waals surface area (Å²) >= 11 is 0. The number of esters is 5. The van der Waals surface area contributed by atoms with Crippen molar-refractivity contribution in [2.75, 3.05) is 0 Å². The van der Waals surface area contributed by atoms with Crippen molar-refractivity contribution in [3.05, 3.63) is 30.3 Å². The molecule has 528 valence electrons. The van der Waals surface area contributed by atoms with Gasteiger partial charge in [0.2, 0.25) is 0 Å². The SMILES string of the molecule is CCCCCCCCCCCCCC(=O)Oc1cc(OC(=O)CCCCCCCCCCCCC)cc(-c2c(OC(=O)CCCCCCCCCCCCC)cc(OC(=O)CCCCCCCCCCCCC)cc2OC(=O)CCCCCCCCCCCCC)c1. The average Bonchev–Trinajstić information content (AvgIpc) is 1.38. The standard InChI is InChI=1S/C82H140O10/c1-6-11-16-21-26-31-36-41-46-51-56-61-77(83)88-72-66-71(67-73(68-72)89-78(84)62-57-52-47-42-37-32-27-22-17-12-7-2)82-75(91-80(86)64-59-54-49-44-39-34-29-24-19-14-9-4)69-74(90-79(85)63-58-53-48-43-38-33-28-23-18-13-8-3)70-76(82)92-81(87)65-60-55-50-45-40-35-30-25-20-15-10-5/h66-70H,6-65H2,1-5H3. The highest BCUT2D eigenvalue weighted by Crippen LogP contribution is 2.45. The number of ether oxygens (including phenoxy) is 5. The number of unbranched alkanes of at least 4 members (excludes halogenated alkanes) is 50. The zero-order chi connectivity index (χ0) is 66.4. The molecule has 2 aromatic carbocycles. The zero-order valence-electron chi connectivity index (χ0n) is 60.4. The predicted molar refractivity (Wildman–Crippen MR) is 385 cm³/mol. The summed E-state index contributed by atoms with van der Waals surface area (Å²) in [7, 11) is 0. The Hall–Kier alpha value is -4.21. The molecule has 0 bridgehead atoms. The van der Waals surface area contributed by atoms with Gasteiger partial charge in [-0.3, -0.25) is 24.0 Å². The summed E-state index contributed by atoms with van der Waals surface area (Å²) < 4.78 is 30.9. The van der Waals surface area contributed by atoms with Gasteiger partial charge in [-0.05, 0) is 49.8 Å². The Balaban J connectivity index is 2.53. The Morgan fingerprint density at radius 2 is 0.370 bits per heavy atom. The van der Waals surface area contributed by atoms with E-state index in [9.17, 15) is 24.0 Å². The molecule has 0 N–H and O–H groups in total. The number of carbonyl (C=O) groups excluding carboxylic acids is 5. The summed E-state index contributed by atoms with van der Waals surface area (Å²) in [6, 6.07) is 7.90. The average molecular weight is 1290 g/mol. The second-order valence-electron chi connectivity index (χ2n) is 27.3. The highest BCUT2D eigenvalue weighted by molar-refractivity contribution is 5.87. The first-order chi connectivity index (χ1) is 45.1. The van der Waals surface area contributed by atoms with Crippen LogP contribution in [0.3, 0.4) is 0 Å². The summed E-state index contributed by atoms with van der Waals surface area (Å²) in [4.78, 5) is 69.4. The summed E-state index contributed by atoms with van der Waals surface area (Å²) in [5, 5.41) is 0. The smallest absolute Gasteiger partial charge is 0.311 e. The molecule has 0 aliphatic rings. The molecule has 0 atom stereocenters. The van der Waals surface area contributed by atoms with Gasteiger partial charge in [0.1, 0.15) is 28.7 Å². The van der Waals surface area contributed by atoms with E-state index in [1.807, 2.05) is 0 Å². The molecule has 2 rings (SSSR count). The van der Waals surface area contributed by atoms with Crippen molar-refractivity contribution in [1.29, 1.82) is 0 Å². The molecule has 0 aliphatic heterocycles. The predicted octanol–water partition coefficient (Wildman–Crippen LogP) is 26.4. The van der Waals surface area contributed by atoms with E-state index in [2.05, 4.69) is 34.6 Å². The molecule has 92 heavy (non-hydrogen) atoms. The second-order valence-corrected chi connectivity index (χ2v) is 27.3. The molecular formula is C82H140O10. The Bertz CT molecular complexity index is 1990. The van der Waals surface area contributed by atoms with Crippen LogP contribution in [-0.4, -0.2) is 29.8 Å². The fraction of sp³-hybridized carbons (Fsp3) is 0.793. The molecule has 0 heterocycles. The first kappa shape index (κ1) is 83.9. The van der Waals surface area contributed by atoms with E-state index in [-0.39, 0.29) is 66.4 Å². The maximum Gasteiger partial charge on any atom is 0.311 e. The molecule has 0 radical (unpaired) electrons. The molecule has 0 spiro atoms. The van der Waals surface area contributed by atoms with Crippen LogP contribution < -0.4 is 23.7 Å². The number of hydrogen-bond acceptors (Lipinski definition) is 10. The third-order valence-electron chi connectivity index (χ3n) is 18.3. The van der Waals surface area contributed by atoms with Gasteiger partial charge in [-0.15, -0.1) is 0 Å². The van der Waals surface area contributed by atoms with Gasteiger partial charge in [0, 0.05) is 50.3 Å². The minimum Gasteiger partial charge on any atom is -0.426 e. The molecule has 0 saturated carbocycles. The molecule has 0 amide bonds. The van der Waals surface area contributed by atoms with Crippen molar-refractivity contribution >= 4 is 29.8 Å². The first-order valence-electron chi connectivity index (χ1n) is 39.5. The quantitative estimate of drug-likeness (QED) is 0.0358. The number of rotatable bonds is 66. The lowest BCUT2D eigenvalue weighted by molar-refractivity contribution is -0.136. The molecule has 10 nitrogen and oxygen atoms in total. The van der Waals surface area contributed by atoms with Gasteiger partial charge < -0.3 is 23.7 Å². The third-order valence-corrected chi connectivity index (χ3v) is 18.3. The van der Waals surface area contributed by atoms with Crippen LogP contribution in [0.4, 0.5) is 0 Å². The lowest BCUT2D eigenvalue weighted by atomic mass is 10.0. The van der Waals surface area contributed by atoms with Crippen LogP contribution >= 0.6 is 0 Å². The van der Waals surface area contributed by atoms with E-state index in [4.69, 9.17) is 23.7 Å². The van der Waals surface area contributed by atoms with Crippen LogP contribution in [0.1, 0.15) is 420 Å². The van der Waals surface area contributed by atoms with Crippen LogP contribution in [0.25, 0.3) is 11.1 Å². The maximum absolute atomic E-state index is 14.1. The molecular weight excluding hydrogens is 1140 g/mol. The maximum atomic E-state index is 14.1. The lowest BCUT2D eigenvalue weighted by Crippen LogP contribution is -2.13. The highest BCUT2D eigenvalue weighted by atomic mass is 16.6. The zero-order valence-corrected chi connectivity index (χ0v) is 60.4. The van der Waals surface area contributed by atoms with Crippen LogP contribution in [-0.2, 0) is 24.0 Å². The molecule has 0 fully saturated rings.